The Morgan fingerprint density at radius 3 is 2.14 bits per heavy atom. The van der Waals surface area contributed by atoms with Gasteiger partial charge in [0.15, 0.2) is 0 Å². The van der Waals surface area contributed by atoms with Crippen molar-refractivity contribution in [3.8, 4) is 34.0 Å². The van der Waals surface area contributed by atoms with Crippen LogP contribution in [0.5, 0.6) is 11.5 Å². The minimum atomic E-state index is -0.687. The highest BCUT2D eigenvalue weighted by Gasteiger charge is 2.34. The first-order chi connectivity index (χ1) is 24.5. The Morgan fingerprint density at radius 2 is 1.59 bits per heavy atom. The molecule has 1 saturated heterocycles. The number of anilines is 3. The highest BCUT2D eigenvalue weighted by molar-refractivity contribution is 5.92. The second-order valence-corrected chi connectivity index (χ2v) is 11.7. The van der Waals surface area contributed by atoms with E-state index in [1.807, 2.05) is 0 Å². The fourth-order valence-electron chi connectivity index (χ4n) is 6.15. The topological polar surface area (TPSA) is 228 Å². The average Bonchev–Trinajstić information content (AvgIpc) is 3.52. The second kappa shape index (κ2) is 14.0. The minimum Gasteiger partial charge on any atom is -0.494 e. The van der Waals surface area contributed by atoms with Gasteiger partial charge in [-0.3, -0.25) is 18.7 Å². The average molecular weight is 694 g/mol. The molecule has 6 rings (SSSR count). The van der Waals surface area contributed by atoms with E-state index in [2.05, 4.69) is 32.2 Å². The smallest absolute Gasteiger partial charge is 0.354 e. The van der Waals surface area contributed by atoms with Gasteiger partial charge < -0.3 is 36.5 Å². The van der Waals surface area contributed by atoms with Crippen molar-refractivity contribution >= 4 is 40.3 Å². The van der Waals surface area contributed by atoms with Crippen molar-refractivity contribution in [2.24, 2.45) is 0 Å². The quantitative estimate of drug-likeness (QED) is 0.151. The summed E-state index contributed by atoms with van der Waals surface area (Å²) in [5.41, 5.74) is 12.2. The number of hydrogen-bond acceptors (Lipinski definition) is 13. The van der Waals surface area contributed by atoms with Crippen LogP contribution in [0.2, 0.25) is 0 Å². The molecule has 1 aliphatic heterocycles. The molecule has 1 aliphatic rings. The number of carbonyl (C=O) groups is 2. The molecular formula is C34H35N11O6. The summed E-state index contributed by atoms with van der Waals surface area (Å²) < 4.78 is 14.0. The third kappa shape index (κ3) is 6.76. The summed E-state index contributed by atoms with van der Waals surface area (Å²) in [6.45, 7) is 5.71. The molecule has 2 unspecified atom stereocenters. The third-order valence-corrected chi connectivity index (χ3v) is 8.44. The fraction of sp³-hybridized carbons (Fsp3) is 0.235. The lowest BCUT2D eigenvalue weighted by Crippen LogP contribution is -2.42. The molecule has 2 amide bonds. The number of rotatable bonds is 10. The van der Waals surface area contributed by atoms with Crippen molar-refractivity contribution in [2.45, 2.75) is 25.4 Å². The summed E-state index contributed by atoms with van der Waals surface area (Å²) in [5.74, 6) is 0.456. The molecule has 0 aliphatic carbocycles. The van der Waals surface area contributed by atoms with E-state index in [1.54, 1.807) is 35.4 Å². The van der Waals surface area contributed by atoms with Gasteiger partial charge in [0.2, 0.25) is 17.8 Å². The molecule has 4 heterocycles. The van der Waals surface area contributed by atoms with Gasteiger partial charge in [0.1, 0.15) is 34.5 Å². The zero-order chi connectivity index (χ0) is 36.4. The molecule has 1 fully saturated rings. The molecule has 2 atom stereocenters. The molecule has 51 heavy (non-hydrogen) atoms. The number of nitrogens with zero attached hydrogens (tertiary/aromatic N) is 7. The Morgan fingerprint density at radius 1 is 0.961 bits per heavy atom. The first-order valence-corrected chi connectivity index (χ1v) is 15.7. The lowest BCUT2D eigenvalue weighted by Gasteiger charge is -2.23. The lowest BCUT2D eigenvalue weighted by molar-refractivity contribution is -0.127. The van der Waals surface area contributed by atoms with Gasteiger partial charge >= 0.3 is 11.4 Å². The highest BCUT2D eigenvalue weighted by Crippen LogP contribution is 2.44. The van der Waals surface area contributed by atoms with Crippen LogP contribution in [0.4, 0.5) is 17.6 Å². The van der Waals surface area contributed by atoms with E-state index in [4.69, 9.17) is 25.9 Å². The first kappa shape index (κ1) is 34.1. The number of amides is 2. The Kier molecular flexibility index (Phi) is 9.35. The van der Waals surface area contributed by atoms with Crippen LogP contribution < -0.4 is 43.0 Å². The number of aromatic nitrogens is 6. The highest BCUT2D eigenvalue weighted by atomic mass is 16.5. The standard InChI is InChI=1S/C34H35N11O6/c1-5-28(47)45-17-21(13-22(45)16-37-18(2)46)39-32-38-15-20-12-19(6-7-23(20)40-32)29-30(43-10-8-26(35)41-33(43)48)24(50-3)14-25(51-4)31(29)44-11-9-27(36)42-34(44)49/h5-12,14-15,21-22H,1,13,16-17H2,2-4H3,(H,37,46)(H2,35,41,48)(H2,36,42,49)(H,38,39,40). The van der Waals surface area contributed by atoms with Crippen molar-refractivity contribution in [3.63, 3.8) is 0 Å². The zero-order valence-corrected chi connectivity index (χ0v) is 28.0. The van der Waals surface area contributed by atoms with Crippen molar-refractivity contribution in [3.05, 3.63) is 88.6 Å². The third-order valence-electron chi connectivity index (χ3n) is 8.44. The Labute approximate surface area is 290 Å². The fourth-order valence-corrected chi connectivity index (χ4v) is 6.15. The van der Waals surface area contributed by atoms with Crippen LogP contribution in [0.15, 0.2) is 77.2 Å². The predicted octanol–water partition coefficient (Wildman–Crippen LogP) is 1.27. The van der Waals surface area contributed by atoms with E-state index in [0.717, 1.165) is 0 Å². The predicted molar refractivity (Wildman–Crippen MR) is 190 cm³/mol. The van der Waals surface area contributed by atoms with Crippen LogP contribution in [0.25, 0.3) is 33.4 Å². The molecule has 0 saturated carbocycles. The van der Waals surface area contributed by atoms with Gasteiger partial charge in [0.05, 0.1) is 25.8 Å². The van der Waals surface area contributed by atoms with Crippen LogP contribution >= 0.6 is 0 Å². The van der Waals surface area contributed by atoms with E-state index in [9.17, 15) is 19.2 Å². The number of nitrogens with two attached hydrogens (primary N) is 2. The normalized spacial score (nSPS) is 15.4. The van der Waals surface area contributed by atoms with Crippen molar-refractivity contribution < 1.29 is 19.1 Å². The number of likely N-dealkylation sites (tertiary alicyclic amines) is 1. The molecule has 3 aromatic heterocycles. The summed E-state index contributed by atoms with van der Waals surface area (Å²) in [6, 6.07) is 9.42. The number of nitrogens with one attached hydrogen (secondary N) is 2. The maximum atomic E-state index is 13.3. The number of methoxy groups -OCH3 is 2. The Balaban J connectivity index is 1.46. The number of carbonyl (C=O) groups excluding carboxylic acids is 2. The summed E-state index contributed by atoms with van der Waals surface area (Å²) in [7, 11) is 2.88. The number of hydrogen-bond donors (Lipinski definition) is 4. The molecule has 262 valence electrons. The van der Waals surface area contributed by atoms with Gasteiger partial charge in [0, 0.05) is 61.7 Å². The van der Waals surface area contributed by atoms with E-state index < -0.39 is 11.4 Å². The summed E-state index contributed by atoms with van der Waals surface area (Å²) in [4.78, 5) is 69.4. The van der Waals surface area contributed by atoms with Crippen molar-refractivity contribution in [1.29, 1.82) is 0 Å². The van der Waals surface area contributed by atoms with Crippen molar-refractivity contribution in [2.75, 3.05) is 44.1 Å². The lowest BCUT2D eigenvalue weighted by atomic mass is 9.97. The second-order valence-electron chi connectivity index (χ2n) is 11.7. The number of fused-ring (bicyclic) bond motifs is 1. The van der Waals surface area contributed by atoms with Crippen LogP contribution in [0.1, 0.15) is 13.3 Å². The van der Waals surface area contributed by atoms with E-state index in [-0.39, 0.29) is 58.4 Å². The summed E-state index contributed by atoms with van der Waals surface area (Å²) in [6.07, 6.45) is 6.36. The molecule has 0 radical (unpaired) electrons. The van der Waals surface area contributed by atoms with Gasteiger partial charge in [-0.05, 0) is 42.3 Å². The van der Waals surface area contributed by atoms with Crippen molar-refractivity contribution in [1.82, 2.24) is 39.3 Å². The molecule has 2 aromatic carbocycles. The molecule has 0 spiro atoms. The van der Waals surface area contributed by atoms with Crippen LogP contribution in [-0.4, -0.2) is 85.2 Å². The largest absolute Gasteiger partial charge is 0.494 e. The molecular weight excluding hydrogens is 658 g/mol. The van der Waals surface area contributed by atoms with E-state index in [0.29, 0.717) is 47.5 Å². The Hall–Kier alpha value is -6.78. The Bertz CT molecular complexity index is 2220. The van der Waals surface area contributed by atoms with Gasteiger partial charge in [-0.2, -0.15) is 9.97 Å². The molecule has 17 heteroatoms. The first-order valence-electron chi connectivity index (χ1n) is 15.7. The number of benzene rings is 2. The maximum absolute atomic E-state index is 13.3. The zero-order valence-electron chi connectivity index (χ0n) is 28.0. The SMILES string of the molecule is C=CC(=O)N1CC(Nc2ncc3cc(-c4c(-n5ccc(N)nc5=O)c(OC)cc(OC)c4-n4ccc(N)nc4=O)ccc3n2)CC1CNC(C)=O. The summed E-state index contributed by atoms with van der Waals surface area (Å²) >= 11 is 0. The van der Waals surface area contributed by atoms with Crippen LogP contribution in [0.3, 0.4) is 0 Å². The van der Waals surface area contributed by atoms with E-state index >= 15 is 0 Å². The number of ether oxygens (including phenoxy) is 2. The monoisotopic (exact) mass is 693 g/mol. The number of nitrogen functional groups attached to an aromatic ring is 2. The van der Waals surface area contributed by atoms with Gasteiger partial charge in [-0.25, -0.2) is 19.6 Å². The van der Waals surface area contributed by atoms with E-state index in [1.165, 1.54) is 60.9 Å². The molecule has 0 bridgehead atoms. The van der Waals surface area contributed by atoms with Gasteiger partial charge in [0.25, 0.3) is 0 Å². The maximum Gasteiger partial charge on any atom is 0.354 e. The van der Waals surface area contributed by atoms with Gasteiger partial charge in [-0.1, -0.05) is 12.6 Å². The van der Waals surface area contributed by atoms with Crippen LogP contribution in [-0.2, 0) is 9.59 Å². The molecule has 6 N–H and O–H groups in total. The van der Waals surface area contributed by atoms with Crippen LogP contribution in [0, 0.1) is 0 Å². The molecule has 17 nitrogen and oxygen atoms in total. The minimum absolute atomic E-state index is 0.0255. The molecule has 5 aromatic rings. The summed E-state index contributed by atoms with van der Waals surface area (Å²) in [5, 5.41) is 6.72. The van der Waals surface area contributed by atoms with Gasteiger partial charge in [-0.15, -0.1) is 0 Å².